The number of thioether (sulfide) groups is 1. The van der Waals surface area contributed by atoms with Crippen molar-refractivity contribution in [2.45, 2.75) is 269 Å². The first-order valence-corrected chi connectivity index (χ1v) is 41.8. The van der Waals surface area contributed by atoms with E-state index in [0.717, 1.165) is 132 Å². The van der Waals surface area contributed by atoms with Crippen molar-refractivity contribution in [3.05, 3.63) is 105 Å². The number of methoxy groups -OCH3 is 1. The summed E-state index contributed by atoms with van der Waals surface area (Å²) < 4.78 is 25.7. The maximum Gasteiger partial charge on any atom is 0.286 e. The van der Waals surface area contributed by atoms with Crippen molar-refractivity contribution in [1.29, 1.82) is 0 Å². The summed E-state index contributed by atoms with van der Waals surface area (Å²) in [6, 6.07) is 0. The van der Waals surface area contributed by atoms with Crippen LogP contribution >= 0.6 is 34.4 Å². The van der Waals surface area contributed by atoms with Crippen molar-refractivity contribution in [2.24, 2.45) is 17.6 Å². The molecular weight excluding hydrogens is 1330 g/mol. The van der Waals surface area contributed by atoms with E-state index in [2.05, 4.69) is 173 Å². The standard InChI is InChI=1S/2C6H14O.2C6H12.2C5H9N3.2C5H8N2S.C5H8N2.C5H9N.C5H12O2S.C5H12S.C5H8.C4H9NO.C4H10/c1-4-6(2)5-7-3;1-4-5-6(2,3)7;1-2-3-6-4-5-6;1-4-5-6(2)3;1-6-2-5-3-7-4-8-5;1-6-4-5-7-2-3-8-5;1-6-2-5-3-7-4-8-5;1-6-4-5-7-2-3-8-5;1-6-5(7-2)3-4-5;1-6-4-2-3-5-6;1-3-4-5-8(2,6)7;1-3-4-5-6-2;1-3-5-4-2;1-2-3-4(5)6;1-3-4-2/h6H,4-5H2,1-3H3;7H,4-5H2,1-3H3;6H,2-5H2,1H3;2,4-5H2,1,3H3;3-4,6H,2H2,1H3,(H,7,8);2-3,6H,4H2,1H3,(H,7,8);3-4,6H,2H2,1H3;2-3,6H,4H2,1H3;6H,3-4H2,1H3;2-3H,4-5H2,1H3;3-5H2,1-2H3;3-5H2,1-2H3;1H,4-5H2,2H3;2-3H2,1H3,(H2,5,6);3-4H2,1-2H3. The molecule has 4 aromatic heterocycles. The van der Waals surface area contributed by atoms with Gasteiger partial charge in [0.25, 0.3) is 5.66 Å². The molecule has 5 heterocycles. The zero-order valence-corrected chi connectivity index (χ0v) is 71.2. The van der Waals surface area contributed by atoms with Gasteiger partial charge in [-0.15, -0.1) is 41.6 Å². The molecule has 23 heteroatoms. The molecule has 0 aromatic carbocycles. The molecule has 7 rings (SSSR count). The number of allylic oxidation sites excluding steroid dienone is 1. The van der Waals surface area contributed by atoms with Crippen LogP contribution in [0.25, 0.3) is 4.85 Å². The molecule has 100 heavy (non-hydrogen) atoms. The van der Waals surface area contributed by atoms with Crippen molar-refractivity contribution >= 4 is 50.2 Å². The van der Waals surface area contributed by atoms with Crippen molar-refractivity contribution in [1.82, 2.24) is 61.4 Å². The van der Waals surface area contributed by atoms with Crippen LogP contribution in [0.1, 0.15) is 253 Å². The number of thiazole rings is 2. The molecule has 0 bridgehead atoms. The van der Waals surface area contributed by atoms with Crippen LogP contribution < -0.4 is 32.3 Å². The number of likely N-dealkylation sites (N-methyl/N-ethyl adjacent to an activating group) is 1. The first-order valence-electron chi connectivity index (χ1n) is 36.5. The first kappa shape index (κ1) is 112. The third-order valence-corrected chi connectivity index (χ3v) is 16.2. The average molecular weight is 1480 g/mol. The summed E-state index contributed by atoms with van der Waals surface area (Å²) in [5, 5.41) is 27.1. The minimum Gasteiger partial charge on any atom is -0.390 e. The van der Waals surface area contributed by atoms with Crippen LogP contribution in [-0.4, -0.2) is 159 Å². The second-order valence-corrected chi connectivity index (χ2v) is 29.9. The Kier molecular flexibility index (Phi) is 97.1. The highest BCUT2D eigenvalue weighted by Crippen LogP contribution is 2.35. The van der Waals surface area contributed by atoms with Crippen molar-refractivity contribution in [3.8, 4) is 12.3 Å². The maximum atomic E-state index is 10.4. The van der Waals surface area contributed by atoms with Gasteiger partial charge in [-0.1, -0.05) is 165 Å². The quantitative estimate of drug-likeness (QED) is 0.0111. The predicted molar refractivity (Wildman–Crippen MR) is 443 cm³/mol. The second-order valence-electron chi connectivity index (χ2n) is 24.7. The zero-order chi connectivity index (χ0) is 78.0. The lowest BCUT2D eigenvalue weighted by Crippen LogP contribution is -2.21. The Labute approximate surface area is 628 Å². The van der Waals surface area contributed by atoms with Crippen molar-refractivity contribution < 1.29 is 23.1 Å². The molecule has 1 unspecified atom stereocenters. The molecule has 2 saturated carbocycles. The average Bonchev–Trinajstić information content (AvgIpc) is 1.69. The highest BCUT2D eigenvalue weighted by atomic mass is 32.2. The summed E-state index contributed by atoms with van der Waals surface area (Å²) in [5.74, 6) is 6.83. The summed E-state index contributed by atoms with van der Waals surface area (Å²) in [4.78, 5) is 38.5. The number of carbonyl (C=O) groups is 1. The van der Waals surface area contributed by atoms with Gasteiger partial charge in [-0.05, 0) is 125 Å². The number of nitrogens with two attached hydrogens (primary N) is 1. The van der Waals surface area contributed by atoms with E-state index in [1.54, 1.807) is 48.5 Å². The predicted octanol–water partition coefficient (Wildman–Crippen LogP) is 17.4. The van der Waals surface area contributed by atoms with Crippen LogP contribution in [0.15, 0.2) is 72.5 Å². The molecule has 2 fully saturated rings. The molecule has 1 atom stereocenters. The molecule has 0 spiro atoms. The number of H-pyrrole nitrogens is 2. The Morgan fingerprint density at radius 1 is 0.850 bits per heavy atom. The number of aromatic nitrogens is 6. The lowest BCUT2D eigenvalue weighted by molar-refractivity contribution is -0.118. The van der Waals surface area contributed by atoms with E-state index in [1.807, 2.05) is 104 Å². The normalized spacial score (nSPS) is 12.3. The van der Waals surface area contributed by atoms with Gasteiger partial charge in [-0.25, -0.2) is 35.3 Å². The Hall–Kier alpha value is -4.34. The monoisotopic (exact) mass is 1480 g/mol. The molecule has 3 aliphatic rings. The van der Waals surface area contributed by atoms with Gasteiger partial charge < -0.3 is 46.8 Å². The number of primary amides is 1. The van der Waals surface area contributed by atoms with Crippen LogP contribution in [0.3, 0.4) is 0 Å². The Balaban J connectivity index is -0.000000152. The van der Waals surface area contributed by atoms with E-state index in [-0.39, 0.29) is 11.6 Å². The molecule has 4 aromatic rings. The van der Waals surface area contributed by atoms with Crippen LogP contribution in [0.4, 0.5) is 0 Å². The van der Waals surface area contributed by atoms with E-state index in [9.17, 15) is 13.2 Å². The lowest BCUT2D eigenvalue weighted by atomic mass is 10.0. The molecule has 19 nitrogen and oxygen atoms in total. The van der Waals surface area contributed by atoms with Gasteiger partial charge in [0.1, 0.15) is 20.7 Å². The smallest absolute Gasteiger partial charge is 0.286 e. The molecule has 1 amide bonds. The fourth-order valence-corrected chi connectivity index (χ4v) is 9.22. The number of hydrogen-bond acceptors (Lipinski definition) is 18. The number of aliphatic hydroxyl groups is 1. The molecule has 1 aliphatic heterocycles. The Bertz CT molecular complexity index is 2210. The lowest BCUT2D eigenvalue weighted by Gasteiger charge is -2.14. The summed E-state index contributed by atoms with van der Waals surface area (Å²) in [5.41, 5.74) is 8.44. The van der Waals surface area contributed by atoms with E-state index >= 15 is 0 Å². The number of sulfone groups is 1. The third-order valence-electron chi connectivity index (χ3n) is 12.9. The second kappa shape index (κ2) is 87.1. The number of ether oxygens (including phenoxy) is 1. The highest BCUT2D eigenvalue weighted by Gasteiger charge is 2.49. The topological polar surface area (TPSA) is 258 Å². The number of imidazole rings is 2. The van der Waals surface area contributed by atoms with Crippen LogP contribution in [0, 0.1) is 30.8 Å². The van der Waals surface area contributed by atoms with Gasteiger partial charge in [-0.3, -0.25) is 19.5 Å². The number of terminal acetylenes is 1. The summed E-state index contributed by atoms with van der Waals surface area (Å²) in [6.07, 6.45) is 47.4. The highest BCUT2D eigenvalue weighted by molar-refractivity contribution is 7.98. The van der Waals surface area contributed by atoms with Crippen LogP contribution in [-0.2, 0) is 45.5 Å². The fourth-order valence-electron chi connectivity index (χ4n) is 6.59. The number of nitrogens with one attached hydrogen (secondary N) is 7. The fraction of sp³-hybridized carbons (Fsp3) is 0.740. The molecular formula is C77H154N14O5S4. The van der Waals surface area contributed by atoms with Gasteiger partial charge in [0, 0.05) is 131 Å². The molecule has 0 saturated heterocycles. The van der Waals surface area contributed by atoms with Crippen LogP contribution in [0.5, 0.6) is 0 Å². The van der Waals surface area contributed by atoms with E-state index in [0.29, 0.717) is 12.2 Å². The number of unbranched alkanes of at least 4 members (excludes halogenated alkanes) is 4. The Morgan fingerprint density at radius 2 is 1.44 bits per heavy atom. The minimum absolute atomic E-state index is 0.125. The molecule has 10 N–H and O–H groups in total. The number of nitrogens with zero attached hydrogens (tertiary/aromatic N) is 6. The van der Waals surface area contributed by atoms with Gasteiger partial charge in [0.15, 0.2) is 0 Å². The number of amides is 1. The maximum absolute atomic E-state index is 10.4. The van der Waals surface area contributed by atoms with Gasteiger partial charge in [0.05, 0.1) is 24.0 Å². The van der Waals surface area contributed by atoms with Crippen molar-refractivity contribution in [2.75, 3.05) is 93.1 Å². The summed E-state index contributed by atoms with van der Waals surface area (Å²) in [7, 11) is 10.6. The summed E-state index contributed by atoms with van der Waals surface area (Å²) in [6.45, 7) is 46.2. The SMILES string of the molecule is C#CCCC.C=C(C)CCC.CCC(C)COC.CCCC.CCCC(C)(C)O.CCCC(N)=O.CCCC1CC1.CCCCS(C)(=O)=O.CCCCSC.CN1CC=CC1.CNCc1cnc[nH]1.CNCc1cncs1.CNCc1ncc[nH]1.CNCc1nccs1.[C-]#[N+]C1(NC)CC1. The third kappa shape index (κ3) is 110. The van der Waals surface area contributed by atoms with E-state index < -0.39 is 15.4 Å². The molecule has 2 aliphatic carbocycles. The number of aromatic amines is 2. The minimum atomic E-state index is -2.69. The van der Waals surface area contributed by atoms with Gasteiger partial charge >= 0.3 is 0 Å². The number of rotatable bonds is 28. The molecule has 586 valence electrons. The Morgan fingerprint density at radius 3 is 1.65 bits per heavy atom. The van der Waals surface area contributed by atoms with Crippen molar-refractivity contribution in [3.63, 3.8) is 0 Å². The first-order chi connectivity index (χ1) is 47.6. The summed E-state index contributed by atoms with van der Waals surface area (Å²) >= 11 is 5.27. The van der Waals surface area contributed by atoms with E-state index in [1.165, 1.54) is 93.1 Å². The van der Waals surface area contributed by atoms with E-state index in [4.69, 9.17) is 28.6 Å². The number of hydrogen-bond donors (Lipinski definition) is 9. The van der Waals surface area contributed by atoms with Crippen LogP contribution in [0.2, 0.25) is 0 Å². The molecule has 0 radical (unpaired) electrons. The van der Waals surface area contributed by atoms with Gasteiger partial charge in [0.2, 0.25) is 5.91 Å². The van der Waals surface area contributed by atoms with Gasteiger partial charge in [-0.2, -0.15) is 11.8 Å². The zero-order valence-electron chi connectivity index (χ0n) is 67.9. The largest absolute Gasteiger partial charge is 0.390 e. The number of carbonyl (C=O) groups excluding carboxylic acids is 1.